The molecule has 1 aromatic heterocycles. The number of hydrogen-bond donors (Lipinski definition) is 0. The Kier molecular flexibility index (Phi) is 3.56. The number of likely N-dealkylation sites (tertiary alicyclic amines) is 1. The lowest BCUT2D eigenvalue weighted by atomic mass is 10.00. The standard InChI is InChI=1S/C13H12F3N3OS/c14-13(15,16)11-3-1-2-6-19(11)12(20)8-4-5-9-10(7-8)18-21-17-9/h4-5,7,11H,1-3,6H2. The minimum absolute atomic E-state index is 0.0320. The molecule has 1 aliphatic rings. The van der Waals surface area contributed by atoms with Crippen molar-refractivity contribution in [3.63, 3.8) is 0 Å². The summed E-state index contributed by atoms with van der Waals surface area (Å²) < 4.78 is 47.2. The zero-order valence-electron chi connectivity index (χ0n) is 10.9. The minimum Gasteiger partial charge on any atom is -0.327 e. The number of piperidine rings is 1. The number of hydrogen-bond acceptors (Lipinski definition) is 4. The van der Waals surface area contributed by atoms with E-state index in [0.717, 1.165) is 16.6 Å². The van der Waals surface area contributed by atoms with E-state index in [4.69, 9.17) is 0 Å². The highest BCUT2D eigenvalue weighted by Gasteiger charge is 2.46. The number of amides is 1. The first-order chi connectivity index (χ1) is 9.97. The van der Waals surface area contributed by atoms with Crippen molar-refractivity contribution < 1.29 is 18.0 Å². The second-order valence-corrected chi connectivity index (χ2v) is 5.55. The third-order valence-corrected chi connectivity index (χ3v) is 4.20. The molecule has 4 nitrogen and oxygen atoms in total. The molecule has 1 aromatic carbocycles. The number of carbonyl (C=O) groups excluding carboxylic acids is 1. The third kappa shape index (κ3) is 2.72. The van der Waals surface area contributed by atoms with Gasteiger partial charge in [0.05, 0.1) is 11.7 Å². The highest BCUT2D eigenvalue weighted by Crippen LogP contribution is 2.33. The van der Waals surface area contributed by atoms with E-state index in [1.54, 1.807) is 6.07 Å². The lowest BCUT2D eigenvalue weighted by Crippen LogP contribution is -2.51. The average Bonchev–Trinajstić information content (AvgIpc) is 2.93. The van der Waals surface area contributed by atoms with Crippen LogP contribution < -0.4 is 0 Å². The molecule has 0 aliphatic carbocycles. The molecule has 1 fully saturated rings. The van der Waals surface area contributed by atoms with Gasteiger partial charge in [0.15, 0.2) is 0 Å². The van der Waals surface area contributed by atoms with E-state index in [9.17, 15) is 18.0 Å². The highest BCUT2D eigenvalue weighted by molar-refractivity contribution is 7.00. The first-order valence-electron chi connectivity index (χ1n) is 6.57. The van der Waals surface area contributed by atoms with E-state index in [2.05, 4.69) is 8.75 Å². The smallest absolute Gasteiger partial charge is 0.327 e. The van der Waals surface area contributed by atoms with Crippen molar-refractivity contribution in [2.75, 3.05) is 6.54 Å². The lowest BCUT2D eigenvalue weighted by Gasteiger charge is -2.36. The molecule has 0 N–H and O–H groups in total. The molecule has 0 radical (unpaired) electrons. The highest BCUT2D eigenvalue weighted by atomic mass is 32.1. The van der Waals surface area contributed by atoms with Crippen LogP contribution in [0.25, 0.3) is 11.0 Å². The Balaban J connectivity index is 1.91. The molecule has 112 valence electrons. The van der Waals surface area contributed by atoms with Crippen molar-refractivity contribution in [3.8, 4) is 0 Å². The number of fused-ring (bicyclic) bond motifs is 1. The molecular weight excluding hydrogens is 303 g/mol. The molecular formula is C13H12F3N3OS. The van der Waals surface area contributed by atoms with Crippen molar-refractivity contribution in [2.45, 2.75) is 31.5 Å². The normalized spacial score (nSPS) is 20.0. The number of halogens is 3. The second-order valence-electron chi connectivity index (χ2n) is 5.02. The maximum atomic E-state index is 13.1. The zero-order valence-corrected chi connectivity index (χ0v) is 11.7. The lowest BCUT2D eigenvalue weighted by molar-refractivity contribution is -0.183. The van der Waals surface area contributed by atoms with Crippen LogP contribution in [-0.2, 0) is 0 Å². The van der Waals surface area contributed by atoms with Gasteiger partial charge in [0.1, 0.15) is 17.1 Å². The number of rotatable bonds is 1. The minimum atomic E-state index is -4.39. The number of carbonyl (C=O) groups is 1. The monoisotopic (exact) mass is 315 g/mol. The van der Waals surface area contributed by atoms with E-state index in [-0.39, 0.29) is 18.5 Å². The van der Waals surface area contributed by atoms with Gasteiger partial charge in [-0.1, -0.05) is 0 Å². The summed E-state index contributed by atoms with van der Waals surface area (Å²) in [6.45, 7) is 0.135. The molecule has 0 saturated carbocycles. The van der Waals surface area contributed by atoms with Crippen molar-refractivity contribution in [3.05, 3.63) is 23.8 Å². The summed E-state index contributed by atoms with van der Waals surface area (Å²) in [6, 6.07) is 2.93. The van der Waals surface area contributed by atoms with Gasteiger partial charge in [0, 0.05) is 12.1 Å². The van der Waals surface area contributed by atoms with Crippen molar-refractivity contribution in [2.24, 2.45) is 0 Å². The Labute approximate surface area is 122 Å². The summed E-state index contributed by atoms with van der Waals surface area (Å²) in [5, 5.41) is 0. The maximum absolute atomic E-state index is 13.1. The van der Waals surface area contributed by atoms with Gasteiger partial charge in [0.2, 0.25) is 0 Å². The molecule has 21 heavy (non-hydrogen) atoms. The van der Waals surface area contributed by atoms with Crippen LogP contribution in [0.1, 0.15) is 29.6 Å². The SMILES string of the molecule is O=C(c1ccc2nsnc2c1)N1CCCCC1C(F)(F)F. The first kappa shape index (κ1) is 14.2. The molecule has 1 atom stereocenters. The van der Waals surface area contributed by atoms with Gasteiger partial charge in [-0.3, -0.25) is 4.79 Å². The molecule has 0 bridgehead atoms. The zero-order chi connectivity index (χ0) is 15.0. The Morgan fingerprint density at radius 1 is 1.24 bits per heavy atom. The predicted molar refractivity (Wildman–Crippen MR) is 72.1 cm³/mol. The van der Waals surface area contributed by atoms with E-state index >= 15 is 0 Å². The van der Waals surface area contributed by atoms with Gasteiger partial charge >= 0.3 is 6.18 Å². The predicted octanol–water partition coefficient (Wildman–Crippen LogP) is 3.25. The van der Waals surface area contributed by atoms with Crippen LogP contribution in [0.15, 0.2) is 18.2 Å². The van der Waals surface area contributed by atoms with Crippen molar-refractivity contribution >= 4 is 28.7 Å². The number of alkyl halides is 3. The van der Waals surface area contributed by atoms with Crippen LogP contribution in [0.2, 0.25) is 0 Å². The Morgan fingerprint density at radius 2 is 2.00 bits per heavy atom. The Bertz CT molecular complexity index is 670. The van der Waals surface area contributed by atoms with E-state index in [1.807, 2.05) is 0 Å². The fourth-order valence-electron chi connectivity index (χ4n) is 2.60. The van der Waals surface area contributed by atoms with Crippen LogP contribution >= 0.6 is 11.7 Å². The Morgan fingerprint density at radius 3 is 2.76 bits per heavy atom. The number of aromatic nitrogens is 2. The molecule has 1 unspecified atom stereocenters. The summed E-state index contributed by atoms with van der Waals surface area (Å²) in [7, 11) is 0. The second kappa shape index (κ2) is 5.25. The molecule has 0 spiro atoms. The van der Waals surface area contributed by atoms with Crippen LogP contribution in [0.5, 0.6) is 0 Å². The van der Waals surface area contributed by atoms with Crippen molar-refractivity contribution in [1.29, 1.82) is 0 Å². The van der Waals surface area contributed by atoms with Gasteiger partial charge in [-0.15, -0.1) is 0 Å². The van der Waals surface area contributed by atoms with Crippen LogP contribution in [0, 0.1) is 0 Å². The molecule has 3 rings (SSSR count). The molecule has 1 amide bonds. The average molecular weight is 315 g/mol. The third-order valence-electron chi connectivity index (χ3n) is 3.64. The number of nitrogens with zero attached hydrogens (tertiary/aromatic N) is 3. The van der Waals surface area contributed by atoms with Crippen LogP contribution in [0.4, 0.5) is 13.2 Å². The van der Waals surface area contributed by atoms with Gasteiger partial charge in [-0.2, -0.15) is 21.9 Å². The van der Waals surface area contributed by atoms with Crippen LogP contribution in [-0.4, -0.2) is 38.3 Å². The largest absolute Gasteiger partial charge is 0.408 e. The van der Waals surface area contributed by atoms with Gasteiger partial charge < -0.3 is 4.90 Å². The van der Waals surface area contributed by atoms with E-state index < -0.39 is 18.1 Å². The molecule has 1 saturated heterocycles. The summed E-state index contributed by atoms with van der Waals surface area (Å²) in [5.74, 6) is -0.591. The van der Waals surface area contributed by atoms with Gasteiger partial charge in [0.25, 0.3) is 5.91 Å². The molecule has 8 heteroatoms. The summed E-state index contributed by atoms with van der Waals surface area (Å²) in [4.78, 5) is 13.3. The van der Waals surface area contributed by atoms with E-state index in [1.165, 1.54) is 12.1 Å². The van der Waals surface area contributed by atoms with Crippen molar-refractivity contribution in [1.82, 2.24) is 13.6 Å². The van der Waals surface area contributed by atoms with Gasteiger partial charge in [-0.25, -0.2) is 0 Å². The number of benzene rings is 1. The summed E-state index contributed by atoms with van der Waals surface area (Å²) in [5.41, 5.74) is 1.40. The fraction of sp³-hybridized carbons (Fsp3) is 0.462. The summed E-state index contributed by atoms with van der Waals surface area (Å²) >= 11 is 1.01. The van der Waals surface area contributed by atoms with Crippen LogP contribution in [0.3, 0.4) is 0 Å². The molecule has 2 aromatic rings. The first-order valence-corrected chi connectivity index (χ1v) is 7.30. The maximum Gasteiger partial charge on any atom is 0.408 e. The topological polar surface area (TPSA) is 46.1 Å². The summed E-state index contributed by atoms with van der Waals surface area (Å²) in [6.07, 6.45) is -3.33. The quantitative estimate of drug-likeness (QED) is 0.811. The van der Waals surface area contributed by atoms with E-state index in [0.29, 0.717) is 23.9 Å². The Hall–Kier alpha value is -1.70. The fourth-order valence-corrected chi connectivity index (χ4v) is 3.11. The molecule has 2 heterocycles. The van der Waals surface area contributed by atoms with Gasteiger partial charge in [-0.05, 0) is 37.5 Å². The molecule has 1 aliphatic heterocycles.